The van der Waals surface area contributed by atoms with Gasteiger partial charge in [0.15, 0.2) is 5.60 Å². The number of aliphatic hydroxyl groups excluding tert-OH is 5. The van der Waals surface area contributed by atoms with Crippen molar-refractivity contribution in [2.24, 2.45) is 35.0 Å². The van der Waals surface area contributed by atoms with Crippen molar-refractivity contribution in [2.75, 3.05) is 26.9 Å². The number of carbonyl (C=O) groups is 1. The number of rotatable bonds is 18. The van der Waals surface area contributed by atoms with E-state index < -0.39 is 71.9 Å². The minimum Gasteiger partial charge on any atom is -0.478 e. The predicted molar refractivity (Wildman–Crippen MR) is 260 cm³/mol. The SMILES string of the molecule is C=CCc1ccc(OC2OC3C(CCCO)OC#CCC(O)C(C4C=CC5C(O)(C4)CC(Cc4ccc(C(=O)O)cc4)C54CCCC4)CC2(O)C(O)C3O)cc1CC(COC)C(CO)n1ccc(C#N)c1. The fraction of sp³-hybridized carbons (Fsp3) is 0.571. The predicted octanol–water partition coefficient (Wildman–Crippen LogP) is 5.02. The van der Waals surface area contributed by atoms with Crippen LogP contribution in [0.4, 0.5) is 0 Å². The molecule has 14 unspecified atom stereocenters. The zero-order chi connectivity index (χ0) is 50.5. The van der Waals surface area contributed by atoms with Gasteiger partial charge >= 0.3 is 5.97 Å². The van der Waals surface area contributed by atoms with Crippen LogP contribution in [0.5, 0.6) is 5.75 Å². The summed E-state index contributed by atoms with van der Waals surface area (Å²) in [4.78, 5) is 11.6. The molecular formula is C56H70N2O13. The number of methoxy groups -OCH3 is 1. The Labute approximate surface area is 416 Å². The summed E-state index contributed by atoms with van der Waals surface area (Å²) in [7, 11) is 1.58. The van der Waals surface area contributed by atoms with Crippen molar-refractivity contribution < 1.29 is 64.6 Å². The molecule has 3 fully saturated rings. The standard InChI is InChI=1S/C56H70N2O13/c1-3-8-37-15-17-43(27-40(37)26-41(34-68-2)45(33-60)58-22-19-36(31-57)32-58)70-53-56(67)30-44(46(61)9-7-24-69-47(10-6-23-59)50(71-53)49(62)51(56)63)39-16-18-48-54(20-4-5-21-54)42(29-55(48,66)28-39)25-35-11-13-38(14-12-35)52(64)65/h3,11-19,22,27,32,39,41-42,44-51,53,59-63,66-67H,1,4-6,8-10,20-21,23,25-26,28-30,33-34H2,2H3,(H,64,65). The van der Waals surface area contributed by atoms with Crippen LogP contribution in [-0.4, -0.2) is 126 Å². The number of aliphatic hydroxyl groups is 7. The highest BCUT2D eigenvalue weighted by molar-refractivity contribution is 5.87. The number of hydrogen-bond donors (Lipinski definition) is 8. The molecule has 2 saturated carbocycles. The van der Waals surface area contributed by atoms with Crippen LogP contribution < -0.4 is 4.74 Å². The maximum Gasteiger partial charge on any atom is 0.335 e. The molecule has 15 nitrogen and oxygen atoms in total. The van der Waals surface area contributed by atoms with Gasteiger partial charge in [0, 0.05) is 44.4 Å². The summed E-state index contributed by atoms with van der Waals surface area (Å²) in [5, 5.41) is 102. The van der Waals surface area contributed by atoms with E-state index in [1.807, 2.05) is 24.3 Å². The van der Waals surface area contributed by atoms with Crippen molar-refractivity contribution in [1.29, 1.82) is 5.26 Å². The molecule has 1 aromatic heterocycles. The van der Waals surface area contributed by atoms with E-state index >= 15 is 0 Å². The van der Waals surface area contributed by atoms with Gasteiger partial charge in [-0.3, -0.25) is 0 Å². The number of aromatic nitrogens is 1. The zero-order valence-electron chi connectivity index (χ0n) is 40.5. The van der Waals surface area contributed by atoms with Gasteiger partial charge in [-0.15, -0.1) is 6.58 Å². The minimum absolute atomic E-state index is 0.0688. The third-order valence-corrected chi connectivity index (χ3v) is 16.6. The molecule has 1 spiro atoms. The first kappa shape index (κ1) is 52.3. The monoisotopic (exact) mass is 978 g/mol. The second kappa shape index (κ2) is 22.4. The number of hydrogen-bond acceptors (Lipinski definition) is 13. The minimum atomic E-state index is -2.36. The lowest BCUT2D eigenvalue weighted by Crippen LogP contribution is -2.70. The molecule has 1 saturated heterocycles. The molecule has 3 aromatic rings. The highest BCUT2D eigenvalue weighted by Crippen LogP contribution is 2.65. The van der Waals surface area contributed by atoms with Crippen LogP contribution in [-0.2, 0) is 33.5 Å². The molecule has 14 atom stereocenters. The number of aromatic carboxylic acids is 1. The maximum absolute atomic E-state index is 13.1. The van der Waals surface area contributed by atoms with Gasteiger partial charge in [0.2, 0.25) is 6.29 Å². The van der Waals surface area contributed by atoms with E-state index in [0.29, 0.717) is 31.2 Å². The highest BCUT2D eigenvalue weighted by atomic mass is 16.7. The van der Waals surface area contributed by atoms with Crippen molar-refractivity contribution in [3.8, 4) is 23.8 Å². The second-order valence-electron chi connectivity index (χ2n) is 20.9. The molecule has 0 radical (unpaired) electrons. The highest BCUT2D eigenvalue weighted by Gasteiger charge is 2.64. The van der Waals surface area contributed by atoms with Crippen molar-refractivity contribution in [3.05, 3.63) is 114 Å². The largest absolute Gasteiger partial charge is 0.478 e. The molecule has 4 heterocycles. The Bertz CT molecular complexity index is 2450. The van der Waals surface area contributed by atoms with Crippen LogP contribution >= 0.6 is 0 Å². The summed E-state index contributed by atoms with van der Waals surface area (Å²) in [6.45, 7) is 3.79. The van der Waals surface area contributed by atoms with Crippen LogP contribution in [0.2, 0.25) is 0 Å². The molecule has 3 aliphatic heterocycles. The van der Waals surface area contributed by atoms with Gasteiger partial charge in [-0.2, -0.15) is 5.26 Å². The van der Waals surface area contributed by atoms with E-state index in [2.05, 4.69) is 30.8 Å². The van der Waals surface area contributed by atoms with E-state index in [4.69, 9.17) is 18.9 Å². The number of fused-ring (bicyclic) bond motifs is 10. The number of ether oxygens (including phenoxy) is 4. The topological polar surface area (TPSA) is 245 Å². The summed E-state index contributed by atoms with van der Waals surface area (Å²) in [5.74, 6) is 0.444. The molecule has 15 heteroatoms. The van der Waals surface area contributed by atoms with Crippen LogP contribution in [0.15, 0.2) is 85.7 Å². The Balaban J connectivity index is 1.13. The van der Waals surface area contributed by atoms with E-state index in [0.717, 1.165) is 42.4 Å². The van der Waals surface area contributed by atoms with Crippen LogP contribution in [0.25, 0.3) is 0 Å². The van der Waals surface area contributed by atoms with Crippen molar-refractivity contribution in [3.63, 3.8) is 0 Å². The van der Waals surface area contributed by atoms with E-state index in [1.54, 1.807) is 60.5 Å². The van der Waals surface area contributed by atoms with E-state index in [-0.39, 0.29) is 86.4 Å². The molecule has 0 amide bonds. The van der Waals surface area contributed by atoms with Gasteiger partial charge < -0.3 is 64.4 Å². The van der Waals surface area contributed by atoms with Crippen molar-refractivity contribution in [2.45, 2.75) is 138 Å². The molecule has 382 valence electrons. The number of benzene rings is 2. The third kappa shape index (κ3) is 10.7. The first-order valence-corrected chi connectivity index (χ1v) is 25.2. The van der Waals surface area contributed by atoms with E-state index in [1.165, 1.54) is 0 Å². The Morgan fingerprint density at radius 2 is 1.82 bits per heavy atom. The lowest BCUT2D eigenvalue weighted by atomic mass is 9.62. The molecule has 8 N–H and O–H groups in total. The zero-order valence-corrected chi connectivity index (χ0v) is 40.5. The molecule has 6 aliphatic rings. The van der Waals surface area contributed by atoms with Gasteiger partial charge in [-0.05, 0) is 134 Å². The van der Waals surface area contributed by atoms with Gasteiger partial charge in [-0.25, -0.2) is 4.79 Å². The quantitative estimate of drug-likeness (QED) is 0.0617. The maximum atomic E-state index is 13.1. The number of nitrogens with zero attached hydrogens (tertiary/aromatic N) is 2. The lowest BCUT2D eigenvalue weighted by Gasteiger charge is -2.51. The molecule has 2 bridgehead atoms. The molecular weight excluding hydrogens is 909 g/mol. The van der Waals surface area contributed by atoms with Gasteiger partial charge in [0.1, 0.15) is 42.3 Å². The summed E-state index contributed by atoms with van der Waals surface area (Å²) in [6, 6.07) is 15.7. The van der Waals surface area contributed by atoms with E-state index in [9.17, 15) is 50.9 Å². The Hall–Kier alpha value is -5.04. The number of carboxylic acids is 1. The Morgan fingerprint density at radius 1 is 1.04 bits per heavy atom. The Kier molecular flexibility index (Phi) is 16.5. The van der Waals surface area contributed by atoms with Crippen LogP contribution in [0.3, 0.4) is 0 Å². The fourth-order valence-corrected chi connectivity index (χ4v) is 13.1. The smallest absolute Gasteiger partial charge is 0.335 e. The van der Waals surface area contributed by atoms with Crippen molar-refractivity contribution in [1.82, 2.24) is 4.57 Å². The van der Waals surface area contributed by atoms with Crippen LogP contribution in [0, 0.1) is 58.4 Å². The molecule has 9 rings (SSSR count). The summed E-state index contributed by atoms with van der Waals surface area (Å²) < 4.78 is 26.7. The number of nitriles is 1. The Morgan fingerprint density at radius 3 is 2.49 bits per heavy atom. The second-order valence-corrected chi connectivity index (χ2v) is 20.9. The average molecular weight is 979 g/mol. The van der Waals surface area contributed by atoms with Crippen LogP contribution in [0.1, 0.15) is 103 Å². The third-order valence-electron chi connectivity index (χ3n) is 16.6. The molecule has 3 aliphatic carbocycles. The molecule has 71 heavy (non-hydrogen) atoms. The lowest BCUT2D eigenvalue weighted by molar-refractivity contribution is -0.334. The van der Waals surface area contributed by atoms with Gasteiger partial charge in [0.05, 0.1) is 42.1 Å². The van der Waals surface area contributed by atoms with Gasteiger partial charge in [-0.1, -0.05) is 55.2 Å². The van der Waals surface area contributed by atoms with Gasteiger partial charge in [0.25, 0.3) is 0 Å². The number of carboxylic acid groups (broad SMARTS) is 1. The summed E-state index contributed by atoms with van der Waals surface area (Å²) in [5.41, 5.74) is -0.334. The number of allylic oxidation sites excluding steroid dienone is 2. The summed E-state index contributed by atoms with van der Waals surface area (Å²) >= 11 is 0. The normalized spacial score (nSPS) is 32.8. The molecule has 2 aromatic carbocycles. The first-order chi connectivity index (χ1) is 34.2. The van der Waals surface area contributed by atoms with Crippen molar-refractivity contribution >= 4 is 5.97 Å². The fourth-order valence-electron chi connectivity index (χ4n) is 13.1. The summed E-state index contributed by atoms with van der Waals surface area (Å²) in [6.07, 6.45) is 9.54. The average Bonchev–Trinajstić information content (AvgIpc) is 4.10. The first-order valence-electron chi connectivity index (χ1n) is 25.2.